The van der Waals surface area contributed by atoms with Crippen molar-refractivity contribution in [3.63, 3.8) is 0 Å². The molecule has 2 unspecified atom stereocenters. The van der Waals surface area contributed by atoms with E-state index in [1.807, 2.05) is 6.07 Å². The minimum absolute atomic E-state index is 0.0888. The van der Waals surface area contributed by atoms with Crippen LogP contribution in [0.3, 0.4) is 0 Å². The molecule has 1 aliphatic heterocycles. The smallest absolute Gasteiger partial charge is 0.0450 e. The predicted octanol–water partition coefficient (Wildman–Crippen LogP) is 2.10. The van der Waals surface area contributed by atoms with Gasteiger partial charge in [0.1, 0.15) is 0 Å². The van der Waals surface area contributed by atoms with Crippen molar-refractivity contribution in [2.45, 2.75) is 37.9 Å². The summed E-state index contributed by atoms with van der Waals surface area (Å²) in [6.45, 7) is 4.64. The summed E-state index contributed by atoms with van der Waals surface area (Å²) in [6, 6.07) is 11.6. The number of rotatable bonds is 4. The van der Waals surface area contributed by atoms with Crippen LogP contribution in [0.15, 0.2) is 30.3 Å². The fourth-order valence-corrected chi connectivity index (χ4v) is 2.94. The average molecular weight is 261 g/mol. The number of piperidine rings is 1. The molecule has 0 saturated carbocycles. The first-order valence-corrected chi connectivity index (χ1v) is 7.30. The molecule has 1 saturated heterocycles. The van der Waals surface area contributed by atoms with Gasteiger partial charge in [-0.1, -0.05) is 30.3 Å². The minimum atomic E-state index is 0.0888. The third-order valence-corrected chi connectivity index (χ3v) is 4.61. The molecule has 2 N–H and O–H groups in total. The zero-order valence-electron chi connectivity index (χ0n) is 12.4. The molecule has 0 aliphatic carbocycles. The highest BCUT2D eigenvalue weighted by Crippen LogP contribution is 2.23. The van der Waals surface area contributed by atoms with Crippen LogP contribution in [0, 0.1) is 0 Å². The van der Waals surface area contributed by atoms with Gasteiger partial charge in [0.15, 0.2) is 0 Å². The van der Waals surface area contributed by atoms with Crippen molar-refractivity contribution in [1.82, 2.24) is 9.80 Å². The van der Waals surface area contributed by atoms with Crippen LogP contribution in [-0.4, -0.2) is 49.1 Å². The lowest BCUT2D eigenvalue weighted by atomic mass is 9.96. The minimum Gasteiger partial charge on any atom is -0.323 e. The molecule has 106 valence electrons. The first kappa shape index (κ1) is 14.5. The Morgan fingerprint density at radius 1 is 1.21 bits per heavy atom. The van der Waals surface area contributed by atoms with E-state index in [4.69, 9.17) is 5.73 Å². The zero-order valence-corrected chi connectivity index (χ0v) is 12.4. The Morgan fingerprint density at radius 3 is 2.37 bits per heavy atom. The van der Waals surface area contributed by atoms with Crippen LogP contribution in [-0.2, 0) is 0 Å². The number of hydrogen-bond acceptors (Lipinski definition) is 3. The van der Waals surface area contributed by atoms with Crippen molar-refractivity contribution in [1.29, 1.82) is 0 Å². The van der Waals surface area contributed by atoms with Crippen molar-refractivity contribution >= 4 is 0 Å². The Balaban J connectivity index is 1.97. The third kappa shape index (κ3) is 3.56. The van der Waals surface area contributed by atoms with Crippen molar-refractivity contribution in [2.75, 3.05) is 27.2 Å². The van der Waals surface area contributed by atoms with Crippen LogP contribution in [0.4, 0.5) is 0 Å². The maximum atomic E-state index is 6.42. The van der Waals surface area contributed by atoms with E-state index in [-0.39, 0.29) is 6.04 Å². The molecule has 0 radical (unpaired) electrons. The molecule has 1 aromatic rings. The number of benzene rings is 1. The molecule has 0 bridgehead atoms. The van der Waals surface area contributed by atoms with Crippen LogP contribution in [0.25, 0.3) is 0 Å². The van der Waals surface area contributed by atoms with E-state index in [1.165, 1.54) is 31.5 Å². The second-order valence-corrected chi connectivity index (χ2v) is 5.88. The third-order valence-electron chi connectivity index (χ3n) is 4.61. The van der Waals surface area contributed by atoms with Gasteiger partial charge in [-0.3, -0.25) is 4.90 Å². The monoisotopic (exact) mass is 261 g/mol. The van der Waals surface area contributed by atoms with Gasteiger partial charge in [0.25, 0.3) is 0 Å². The van der Waals surface area contributed by atoms with Crippen molar-refractivity contribution in [2.24, 2.45) is 5.73 Å². The molecule has 3 heteroatoms. The molecule has 2 atom stereocenters. The van der Waals surface area contributed by atoms with Gasteiger partial charge >= 0.3 is 0 Å². The van der Waals surface area contributed by atoms with Gasteiger partial charge in [0.2, 0.25) is 0 Å². The fourth-order valence-electron chi connectivity index (χ4n) is 2.94. The normalized spacial score (nSPS) is 21.5. The van der Waals surface area contributed by atoms with E-state index in [2.05, 4.69) is 55.1 Å². The van der Waals surface area contributed by atoms with Crippen LogP contribution in [0.2, 0.25) is 0 Å². The molecule has 2 rings (SSSR count). The molecule has 1 aromatic carbocycles. The van der Waals surface area contributed by atoms with E-state index in [9.17, 15) is 0 Å². The predicted molar refractivity (Wildman–Crippen MR) is 81.1 cm³/mol. The number of likely N-dealkylation sites (tertiary alicyclic amines) is 1. The molecule has 1 heterocycles. The highest BCUT2D eigenvalue weighted by Gasteiger charge is 2.27. The van der Waals surface area contributed by atoms with E-state index in [0.29, 0.717) is 12.1 Å². The van der Waals surface area contributed by atoms with Crippen LogP contribution >= 0.6 is 0 Å². The quantitative estimate of drug-likeness (QED) is 0.901. The molecule has 1 aliphatic rings. The second kappa shape index (κ2) is 6.51. The molecule has 1 fully saturated rings. The zero-order chi connectivity index (χ0) is 13.8. The number of likely N-dealkylation sites (N-methyl/N-ethyl adjacent to an activating group) is 1. The SMILES string of the molecule is CC(C(N)c1ccccc1)N(C)C1CCN(C)CC1. The average Bonchev–Trinajstić information content (AvgIpc) is 2.46. The summed E-state index contributed by atoms with van der Waals surface area (Å²) in [4.78, 5) is 4.89. The lowest BCUT2D eigenvalue weighted by molar-refractivity contribution is 0.102. The fraction of sp³-hybridized carbons (Fsp3) is 0.625. The van der Waals surface area contributed by atoms with Gasteiger partial charge in [0.05, 0.1) is 0 Å². The summed E-state index contributed by atoms with van der Waals surface area (Å²) in [5.41, 5.74) is 7.65. The molecular weight excluding hydrogens is 234 g/mol. The number of nitrogens with zero attached hydrogens (tertiary/aromatic N) is 2. The summed E-state index contributed by atoms with van der Waals surface area (Å²) in [5, 5.41) is 0. The summed E-state index contributed by atoms with van der Waals surface area (Å²) in [6.07, 6.45) is 2.50. The Kier molecular flexibility index (Phi) is 4.97. The van der Waals surface area contributed by atoms with E-state index in [1.54, 1.807) is 0 Å². The standard InChI is InChI=1S/C16H27N3/c1-13(16(17)14-7-5-4-6-8-14)19(3)15-9-11-18(2)12-10-15/h4-8,13,15-16H,9-12,17H2,1-3H3. The van der Waals surface area contributed by atoms with Gasteiger partial charge < -0.3 is 10.6 Å². The highest BCUT2D eigenvalue weighted by molar-refractivity contribution is 5.20. The van der Waals surface area contributed by atoms with E-state index >= 15 is 0 Å². The van der Waals surface area contributed by atoms with Crippen molar-refractivity contribution in [3.8, 4) is 0 Å². The Labute approximate surface area is 117 Å². The van der Waals surface area contributed by atoms with Gasteiger partial charge in [-0.05, 0) is 52.5 Å². The lowest BCUT2D eigenvalue weighted by Crippen LogP contribution is -2.48. The lowest BCUT2D eigenvalue weighted by Gasteiger charge is -2.40. The van der Waals surface area contributed by atoms with Crippen LogP contribution < -0.4 is 5.73 Å². The maximum absolute atomic E-state index is 6.42. The summed E-state index contributed by atoms with van der Waals surface area (Å²) >= 11 is 0. The molecule has 0 amide bonds. The number of nitrogens with two attached hydrogens (primary N) is 1. The first-order chi connectivity index (χ1) is 9.09. The van der Waals surface area contributed by atoms with Crippen molar-refractivity contribution in [3.05, 3.63) is 35.9 Å². The van der Waals surface area contributed by atoms with E-state index < -0.39 is 0 Å². The second-order valence-electron chi connectivity index (χ2n) is 5.88. The molecule has 0 aromatic heterocycles. The number of hydrogen-bond donors (Lipinski definition) is 1. The van der Waals surface area contributed by atoms with Gasteiger partial charge in [-0.2, -0.15) is 0 Å². The topological polar surface area (TPSA) is 32.5 Å². The largest absolute Gasteiger partial charge is 0.323 e. The van der Waals surface area contributed by atoms with Crippen LogP contribution in [0.1, 0.15) is 31.4 Å². The van der Waals surface area contributed by atoms with Crippen LogP contribution in [0.5, 0.6) is 0 Å². The summed E-state index contributed by atoms with van der Waals surface area (Å²) < 4.78 is 0. The van der Waals surface area contributed by atoms with Gasteiger partial charge in [-0.25, -0.2) is 0 Å². The molecular formula is C16H27N3. The first-order valence-electron chi connectivity index (χ1n) is 7.30. The van der Waals surface area contributed by atoms with Crippen molar-refractivity contribution < 1.29 is 0 Å². The Morgan fingerprint density at radius 2 is 1.79 bits per heavy atom. The summed E-state index contributed by atoms with van der Waals surface area (Å²) in [5.74, 6) is 0. The van der Waals surface area contributed by atoms with Gasteiger partial charge in [-0.15, -0.1) is 0 Å². The molecule has 3 nitrogen and oxygen atoms in total. The molecule has 19 heavy (non-hydrogen) atoms. The van der Waals surface area contributed by atoms with E-state index in [0.717, 1.165) is 0 Å². The summed E-state index contributed by atoms with van der Waals surface area (Å²) in [7, 11) is 4.43. The Bertz CT molecular complexity index is 371. The highest BCUT2D eigenvalue weighted by atomic mass is 15.2. The molecule has 0 spiro atoms. The maximum Gasteiger partial charge on any atom is 0.0450 e. The Hall–Kier alpha value is -0.900. The van der Waals surface area contributed by atoms with Gasteiger partial charge in [0, 0.05) is 18.1 Å².